The summed E-state index contributed by atoms with van der Waals surface area (Å²) < 4.78 is 0. The molecule has 0 rings (SSSR count). The standard InChI is InChI=1S/C4H10S.C2H5.Mg/c1-2-3-4-5;1-2;/h5H,2-4H2,1H3;1H2,2H3;/q;-1;+2. The van der Waals surface area contributed by atoms with Gasteiger partial charge in [-0.3, -0.25) is 0 Å². The van der Waals surface area contributed by atoms with Crippen LogP contribution >= 0.6 is 12.6 Å². The molecule has 0 unspecified atom stereocenters. The summed E-state index contributed by atoms with van der Waals surface area (Å²) in [7, 11) is 0. The Morgan fingerprint density at radius 3 is 1.75 bits per heavy atom. The molecule has 0 heterocycles. The van der Waals surface area contributed by atoms with Gasteiger partial charge in [-0.15, -0.1) is 0 Å². The Morgan fingerprint density at radius 2 is 1.75 bits per heavy atom. The number of rotatable bonds is 2. The van der Waals surface area contributed by atoms with E-state index in [0.717, 1.165) is 5.75 Å². The molecule has 46 valence electrons. The molecule has 0 saturated heterocycles. The molecule has 0 aromatic carbocycles. The Morgan fingerprint density at radius 1 is 1.38 bits per heavy atom. The molecule has 0 aromatic heterocycles. The molecule has 0 aromatic rings. The summed E-state index contributed by atoms with van der Waals surface area (Å²) in [6, 6.07) is 0. The quantitative estimate of drug-likeness (QED) is 0.342. The third-order valence-electron chi connectivity index (χ3n) is 0.512. The maximum absolute atomic E-state index is 4.00. The van der Waals surface area contributed by atoms with Gasteiger partial charge in [0.1, 0.15) is 0 Å². The van der Waals surface area contributed by atoms with Gasteiger partial charge in [-0.05, 0) is 12.2 Å². The molecule has 0 bridgehead atoms. The first-order valence-corrected chi connectivity index (χ1v) is 3.36. The van der Waals surface area contributed by atoms with Gasteiger partial charge < -0.3 is 6.92 Å². The number of unbranched alkanes of at least 4 members (excludes halogenated alkanes) is 1. The van der Waals surface area contributed by atoms with Gasteiger partial charge in [0.2, 0.25) is 0 Å². The molecule has 0 atom stereocenters. The van der Waals surface area contributed by atoms with Crippen molar-refractivity contribution in [1.82, 2.24) is 0 Å². The first-order valence-electron chi connectivity index (χ1n) is 2.73. The Balaban J connectivity index is -0.0000000750. The predicted octanol–water partition coefficient (Wildman–Crippen LogP) is 2.18. The predicted molar refractivity (Wildman–Crippen MR) is 45.5 cm³/mol. The fourth-order valence-electron chi connectivity index (χ4n) is 0.158. The third-order valence-corrected chi connectivity index (χ3v) is 0.828. The minimum Gasteiger partial charge on any atom is -0.346 e. The van der Waals surface area contributed by atoms with Crippen molar-refractivity contribution in [3.05, 3.63) is 6.92 Å². The zero-order valence-corrected chi connectivity index (χ0v) is 8.29. The maximum Gasteiger partial charge on any atom is 2.00 e. The molecule has 0 N–H and O–H groups in total. The second kappa shape index (κ2) is 24.3. The molecule has 0 saturated carbocycles. The Bertz CT molecular complexity index is 16.0. The average Bonchev–Trinajstić information content (AvgIpc) is 1.75. The number of hydrogen-bond acceptors (Lipinski definition) is 1. The van der Waals surface area contributed by atoms with Crippen LogP contribution in [0, 0.1) is 6.92 Å². The van der Waals surface area contributed by atoms with Crippen LogP contribution in [0.2, 0.25) is 0 Å². The van der Waals surface area contributed by atoms with Crippen LogP contribution in [0.25, 0.3) is 0 Å². The number of thiol groups is 1. The first kappa shape index (κ1) is 16.1. The monoisotopic (exact) mass is 143 g/mol. The van der Waals surface area contributed by atoms with E-state index in [1.807, 2.05) is 0 Å². The van der Waals surface area contributed by atoms with Crippen LogP contribution < -0.4 is 0 Å². The van der Waals surface area contributed by atoms with Crippen LogP contribution in [0.15, 0.2) is 0 Å². The van der Waals surface area contributed by atoms with Gasteiger partial charge >= 0.3 is 23.1 Å². The van der Waals surface area contributed by atoms with E-state index in [1.54, 1.807) is 6.92 Å². The minimum atomic E-state index is 0. The molecule has 8 heavy (non-hydrogen) atoms. The van der Waals surface area contributed by atoms with Crippen LogP contribution in [0.4, 0.5) is 0 Å². The van der Waals surface area contributed by atoms with Gasteiger partial charge in [0.25, 0.3) is 0 Å². The minimum absolute atomic E-state index is 0. The molecule has 0 aliphatic carbocycles. The second-order valence-corrected chi connectivity index (χ2v) is 1.52. The van der Waals surface area contributed by atoms with Crippen molar-refractivity contribution in [3.63, 3.8) is 0 Å². The van der Waals surface area contributed by atoms with E-state index in [0.29, 0.717) is 0 Å². The molecule has 0 radical (unpaired) electrons. The van der Waals surface area contributed by atoms with Crippen molar-refractivity contribution < 1.29 is 0 Å². The summed E-state index contributed by atoms with van der Waals surface area (Å²) in [4.78, 5) is 0. The van der Waals surface area contributed by atoms with Crippen molar-refractivity contribution >= 4 is 35.7 Å². The molecule has 0 nitrogen and oxygen atoms in total. The van der Waals surface area contributed by atoms with Crippen molar-refractivity contribution in [2.24, 2.45) is 0 Å². The molecular weight excluding hydrogens is 128 g/mol. The topological polar surface area (TPSA) is 0 Å². The van der Waals surface area contributed by atoms with Crippen LogP contribution in [0.1, 0.15) is 26.7 Å². The first-order chi connectivity index (χ1) is 3.41. The van der Waals surface area contributed by atoms with Crippen LogP contribution in [0.3, 0.4) is 0 Å². The average molecular weight is 144 g/mol. The molecule has 0 spiro atoms. The van der Waals surface area contributed by atoms with Crippen LogP contribution in [0.5, 0.6) is 0 Å². The van der Waals surface area contributed by atoms with Crippen molar-refractivity contribution in [1.29, 1.82) is 0 Å². The number of hydrogen-bond donors (Lipinski definition) is 1. The third kappa shape index (κ3) is 27.4. The maximum atomic E-state index is 4.00. The van der Waals surface area contributed by atoms with E-state index in [9.17, 15) is 0 Å². The molecule has 0 amide bonds. The fourth-order valence-corrected chi connectivity index (χ4v) is 0.474. The van der Waals surface area contributed by atoms with E-state index in [2.05, 4.69) is 26.5 Å². The van der Waals surface area contributed by atoms with Crippen molar-refractivity contribution in [2.45, 2.75) is 26.7 Å². The Hall–Kier alpha value is 1.12. The van der Waals surface area contributed by atoms with Gasteiger partial charge in [0.15, 0.2) is 0 Å². The smallest absolute Gasteiger partial charge is 0.346 e. The van der Waals surface area contributed by atoms with Gasteiger partial charge in [-0.2, -0.15) is 19.6 Å². The zero-order valence-electron chi connectivity index (χ0n) is 5.98. The normalized spacial score (nSPS) is 6.00. The van der Waals surface area contributed by atoms with Crippen molar-refractivity contribution in [3.8, 4) is 0 Å². The SMILES string of the molecule is CCCCS.[CH2-]C.[Mg+2]. The van der Waals surface area contributed by atoms with E-state index in [1.165, 1.54) is 12.8 Å². The van der Waals surface area contributed by atoms with Crippen LogP contribution in [-0.4, -0.2) is 28.8 Å². The largest absolute Gasteiger partial charge is 2.00 e. The van der Waals surface area contributed by atoms with E-state index < -0.39 is 0 Å². The molecular formula is C6H15MgS+. The van der Waals surface area contributed by atoms with Crippen LogP contribution in [-0.2, 0) is 0 Å². The molecule has 2 heteroatoms. The second-order valence-electron chi connectivity index (χ2n) is 1.08. The fraction of sp³-hybridized carbons (Fsp3) is 0.833. The van der Waals surface area contributed by atoms with Crippen molar-refractivity contribution in [2.75, 3.05) is 5.75 Å². The van der Waals surface area contributed by atoms with E-state index in [-0.39, 0.29) is 23.1 Å². The van der Waals surface area contributed by atoms with E-state index >= 15 is 0 Å². The summed E-state index contributed by atoms with van der Waals surface area (Å²) in [6.45, 7) is 7.16. The van der Waals surface area contributed by atoms with Gasteiger partial charge in [0, 0.05) is 0 Å². The summed E-state index contributed by atoms with van der Waals surface area (Å²) in [5, 5.41) is 0. The summed E-state index contributed by atoms with van der Waals surface area (Å²) in [5.41, 5.74) is 0. The molecule has 0 fully saturated rings. The summed E-state index contributed by atoms with van der Waals surface area (Å²) in [6.07, 6.45) is 2.52. The molecule has 0 aliphatic heterocycles. The van der Waals surface area contributed by atoms with Gasteiger partial charge in [-0.25, -0.2) is 0 Å². The summed E-state index contributed by atoms with van der Waals surface area (Å²) in [5.74, 6) is 1.04. The van der Waals surface area contributed by atoms with Gasteiger partial charge in [-0.1, -0.05) is 13.3 Å². The van der Waals surface area contributed by atoms with E-state index in [4.69, 9.17) is 0 Å². The Labute approximate surface area is 75.0 Å². The summed E-state index contributed by atoms with van der Waals surface area (Å²) >= 11 is 4.00. The Kier molecular flexibility index (Phi) is 48.7. The molecule has 0 aliphatic rings. The zero-order chi connectivity index (χ0) is 6.12. The van der Waals surface area contributed by atoms with Gasteiger partial charge in [0.05, 0.1) is 0 Å².